The first-order valence-corrected chi connectivity index (χ1v) is 12.9. The van der Waals surface area contributed by atoms with Crippen LogP contribution in [0.15, 0.2) is 6.33 Å². The number of rotatable bonds is 9. The lowest BCUT2D eigenvalue weighted by Gasteiger charge is -2.31. The summed E-state index contributed by atoms with van der Waals surface area (Å²) < 4.78 is 12.4. The standard InChI is InChI=1S/C25H35N7O6/c1-15(2)38-25(36)31-10-8-16(9-11-31)4-3-5-19-29-22(26)20-23(30-19)32(13-27-20)14-37-21(18(34)12-33)24(35)28-17-6-7-17/h13,15-18,21,33-34H,4,6-12,14H2,1-2H3,(H,28,35)(H2,26,29,30). The number of aromatic nitrogens is 4. The molecule has 13 nitrogen and oxygen atoms in total. The van der Waals surface area contributed by atoms with Crippen LogP contribution in [0.5, 0.6) is 0 Å². The molecule has 0 aromatic carbocycles. The number of carbonyl (C=O) groups excluding carboxylic acids is 2. The van der Waals surface area contributed by atoms with Gasteiger partial charge in [-0.15, -0.1) is 0 Å². The van der Waals surface area contributed by atoms with Crippen LogP contribution < -0.4 is 11.1 Å². The van der Waals surface area contributed by atoms with Crippen LogP contribution in [0, 0.1) is 17.8 Å². The van der Waals surface area contributed by atoms with Gasteiger partial charge in [0.25, 0.3) is 5.91 Å². The minimum absolute atomic E-state index is 0.0798. The number of ether oxygens (including phenoxy) is 2. The van der Waals surface area contributed by atoms with E-state index in [9.17, 15) is 19.8 Å². The Kier molecular flexibility index (Phi) is 8.98. The van der Waals surface area contributed by atoms with Gasteiger partial charge in [-0.2, -0.15) is 0 Å². The van der Waals surface area contributed by atoms with Gasteiger partial charge in [0.1, 0.15) is 18.4 Å². The molecule has 2 aromatic heterocycles. The van der Waals surface area contributed by atoms with Crippen molar-refractivity contribution in [3.8, 4) is 11.8 Å². The van der Waals surface area contributed by atoms with Crippen molar-refractivity contribution in [2.75, 3.05) is 25.4 Å². The van der Waals surface area contributed by atoms with E-state index in [0.717, 1.165) is 25.7 Å². The normalized spacial score (nSPS) is 17.7. The van der Waals surface area contributed by atoms with Crippen molar-refractivity contribution in [2.45, 2.75) is 77.0 Å². The highest BCUT2D eigenvalue weighted by molar-refractivity contribution is 5.82. The SMILES string of the molecule is CC(C)OC(=O)N1CCC(CC#Cc2nc(N)c3ncn(COC(C(=O)NC4CC4)C(O)CO)c3n2)CC1. The first-order valence-electron chi connectivity index (χ1n) is 12.9. The molecule has 1 aliphatic carbocycles. The number of aliphatic hydroxyl groups excluding tert-OH is 2. The Morgan fingerprint density at radius 3 is 2.63 bits per heavy atom. The molecule has 1 aliphatic heterocycles. The molecule has 2 atom stereocenters. The number of fused-ring (bicyclic) bond motifs is 1. The monoisotopic (exact) mass is 529 g/mol. The van der Waals surface area contributed by atoms with Crippen molar-refractivity contribution in [1.82, 2.24) is 29.7 Å². The first-order chi connectivity index (χ1) is 18.2. The molecule has 206 valence electrons. The Labute approximate surface area is 220 Å². The summed E-state index contributed by atoms with van der Waals surface area (Å²) >= 11 is 0. The van der Waals surface area contributed by atoms with Gasteiger partial charge in [-0.25, -0.2) is 19.7 Å². The molecule has 1 saturated heterocycles. The molecule has 2 fully saturated rings. The maximum Gasteiger partial charge on any atom is 0.410 e. The number of aliphatic hydroxyl groups is 2. The fourth-order valence-electron chi connectivity index (χ4n) is 4.12. The fourth-order valence-corrected chi connectivity index (χ4v) is 4.12. The Hall–Kier alpha value is -3.47. The molecule has 13 heteroatoms. The molecule has 3 heterocycles. The molecule has 1 saturated carbocycles. The molecular weight excluding hydrogens is 494 g/mol. The third-order valence-electron chi connectivity index (χ3n) is 6.40. The van der Waals surface area contributed by atoms with Gasteiger partial charge in [-0.3, -0.25) is 9.36 Å². The molecular formula is C25H35N7O6. The van der Waals surface area contributed by atoms with E-state index in [1.165, 1.54) is 10.9 Å². The number of hydrogen-bond acceptors (Lipinski definition) is 10. The van der Waals surface area contributed by atoms with E-state index < -0.39 is 24.7 Å². The van der Waals surface area contributed by atoms with Gasteiger partial charge in [-0.1, -0.05) is 5.92 Å². The van der Waals surface area contributed by atoms with Crippen LogP contribution in [0.3, 0.4) is 0 Å². The molecule has 2 aliphatic rings. The number of nitrogens with one attached hydrogen (secondary N) is 1. The highest BCUT2D eigenvalue weighted by Crippen LogP contribution is 2.22. The van der Waals surface area contributed by atoms with Gasteiger partial charge in [0.2, 0.25) is 5.82 Å². The van der Waals surface area contributed by atoms with Gasteiger partial charge in [0.15, 0.2) is 17.6 Å². The summed E-state index contributed by atoms with van der Waals surface area (Å²) in [5, 5.41) is 22.2. The molecule has 2 unspecified atom stereocenters. The van der Waals surface area contributed by atoms with Crippen LogP contribution in [0.1, 0.15) is 51.8 Å². The molecule has 2 aromatic rings. The quantitative estimate of drug-likeness (QED) is 0.332. The number of amides is 2. The maximum absolute atomic E-state index is 12.4. The molecule has 0 bridgehead atoms. The fraction of sp³-hybridized carbons (Fsp3) is 0.640. The molecule has 4 rings (SSSR count). The minimum atomic E-state index is -1.38. The summed E-state index contributed by atoms with van der Waals surface area (Å²) in [5.41, 5.74) is 6.81. The van der Waals surface area contributed by atoms with Crippen molar-refractivity contribution in [1.29, 1.82) is 0 Å². The summed E-state index contributed by atoms with van der Waals surface area (Å²) in [4.78, 5) is 39.2. The zero-order valence-electron chi connectivity index (χ0n) is 21.7. The lowest BCUT2D eigenvalue weighted by atomic mass is 9.94. The van der Waals surface area contributed by atoms with Crippen molar-refractivity contribution in [3.05, 3.63) is 12.2 Å². The number of imidazole rings is 1. The second kappa shape index (κ2) is 12.4. The second-order valence-corrected chi connectivity index (χ2v) is 9.94. The van der Waals surface area contributed by atoms with Crippen LogP contribution in [0.25, 0.3) is 11.2 Å². The first kappa shape index (κ1) is 27.6. The minimum Gasteiger partial charge on any atom is -0.447 e. The van der Waals surface area contributed by atoms with Crippen molar-refractivity contribution < 1.29 is 29.3 Å². The Morgan fingerprint density at radius 1 is 1.24 bits per heavy atom. The van der Waals surface area contributed by atoms with Crippen molar-refractivity contribution in [2.24, 2.45) is 5.92 Å². The number of nitrogens with two attached hydrogens (primary N) is 1. The predicted octanol–water partition coefficient (Wildman–Crippen LogP) is 0.382. The summed E-state index contributed by atoms with van der Waals surface area (Å²) in [6, 6.07) is 0.0798. The maximum atomic E-state index is 12.4. The zero-order chi connectivity index (χ0) is 27.2. The third-order valence-corrected chi connectivity index (χ3v) is 6.40. The number of piperidine rings is 1. The van der Waals surface area contributed by atoms with Crippen LogP contribution in [0.2, 0.25) is 0 Å². The summed E-state index contributed by atoms with van der Waals surface area (Å²) in [6.45, 7) is 4.16. The van der Waals surface area contributed by atoms with E-state index in [0.29, 0.717) is 36.6 Å². The average molecular weight is 530 g/mol. The van der Waals surface area contributed by atoms with Gasteiger partial charge < -0.3 is 35.6 Å². The van der Waals surface area contributed by atoms with Crippen LogP contribution in [0.4, 0.5) is 10.6 Å². The Bertz CT molecular complexity index is 1190. The van der Waals surface area contributed by atoms with Gasteiger partial charge in [0, 0.05) is 25.6 Å². The summed E-state index contributed by atoms with van der Waals surface area (Å²) in [5.74, 6) is 6.34. The van der Waals surface area contributed by atoms with E-state index in [2.05, 4.69) is 32.1 Å². The van der Waals surface area contributed by atoms with E-state index in [4.69, 9.17) is 15.2 Å². The molecule has 5 N–H and O–H groups in total. The van der Waals surface area contributed by atoms with Gasteiger partial charge in [0.05, 0.1) is 19.0 Å². The lowest BCUT2D eigenvalue weighted by Crippen LogP contribution is -2.46. The van der Waals surface area contributed by atoms with Crippen LogP contribution in [-0.2, 0) is 21.0 Å². The summed E-state index contributed by atoms with van der Waals surface area (Å²) in [6.07, 6.45) is 2.47. The molecule has 2 amide bonds. The third kappa shape index (κ3) is 7.09. The Balaban J connectivity index is 1.37. The van der Waals surface area contributed by atoms with E-state index in [1.807, 2.05) is 13.8 Å². The number of hydrogen-bond donors (Lipinski definition) is 4. The zero-order valence-corrected chi connectivity index (χ0v) is 21.7. The van der Waals surface area contributed by atoms with Crippen LogP contribution in [-0.4, -0.2) is 90.7 Å². The van der Waals surface area contributed by atoms with Crippen molar-refractivity contribution >= 4 is 29.0 Å². The van der Waals surface area contributed by atoms with Gasteiger partial charge in [-0.05, 0) is 51.4 Å². The molecule has 38 heavy (non-hydrogen) atoms. The van der Waals surface area contributed by atoms with E-state index in [1.54, 1.807) is 4.90 Å². The van der Waals surface area contributed by atoms with E-state index in [-0.39, 0.29) is 36.6 Å². The molecule has 0 spiro atoms. The number of nitrogens with zero attached hydrogens (tertiary/aromatic N) is 5. The predicted molar refractivity (Wildman–Crippen MR) is 136 cm³/mol. The smallest absolute Gasteiger partial charge is 0.410 e. The number of likely N-dealkylation sites (tertiary alicyclic amines) is 1. The van der Waals surface area contributed by atoms with Crippen LogP contribution >= 0.6 is 0 Å². The number of carbonyl (C=O) groups is 2. The van der Waals surface area contributed by atoms with E-state index >= 15 is 0 Å². The second-order valence-electron chi connectivity index (χ2n) is 9.94. The topological polar surface area (TPSA) is 178 Å². The molecule has 0 radical (unpaired) electrons. The highest BCUT2D eigenvalue weighted by atomic mass is 16.6. The van der Waals surface area contributed by atoms with Crippen molar-refractivity contribution in [3.63, 3.8) is 0 Å². The Morgan fingerprint density at radius 2 is 1.97 bits per heavy atom. The average Bonchev–Trinajstić information content (AvgIpc) is 3.60. The number of anilines is 1. The highest BCUT2D eigenvalue weighted by Gasteiger charge is 2.32. The number of nitrogen functional groups attached to an aromatic ring is 1. The summed E-state index contributed by atoms with van der Waals surface area (Å²) in [7, 11) is 0. The van der Waals surface area contributed by atoms with Gasteiger partial charge >= 0.3 is 6.09 Å². The lowest BCUT2D eigenvalue weighted by molar-refractivity contribution is -0.147. The largest absolute Gasteiger partial charge is 0.447 e.